The molecule has 0 atom stereocenters. The lowest BCUT2D eigenvalue weighted by Crippen LogP contribution is -2.02. The molecule has 0 aliphatic heterocycles. The second-order valence-electron chi connectivity index (χ2n) is 4.67. The first-order valence-electron chi connectivity index (χ1n) is 6.85. The highest BCUT2D eigenvalue weighted by atomic mass is 35.5. The molecule has 3 aromatic rings. The third-order valence-electron chi connectivity index (χ3n) is 3.14. The Kier molecular flexibility index (Phi) is 4.60. The summed E-state index contributed by atoms with van der Waals surface area (Å²) in [6.45, 7) is 0. The normalized spacial score (nSPS) is 10.4. The van der Waals surface area contributed by atoms with Crippen LogP contribution in [0.1, 0.15) is 0 Å². The number of benzene rings is 1. The average Bonchev–Trinajstić information content (AvgIpc) is 2.59. The molecule has 2 N–H and O–H groups in total. The molecule has 5 nitrogen and oxygen atoms in total. The molecule has 0 saturated carbocycles. The molecule has 7 heteroatoms. The van der Waals surface area contributed by atoms with E-state index < -0.39 is 0 Å². The standard InChI is InChI=1S/C16H13Cl2N5/c1-19-16-21-13(10-5-7-20-8-6-10)9-14(23-16)22-15-11(17)3-2-4-12(15)18/h2-9H,1H3,(H2,19,21,22,23). The van der Waals surface area contributed by atoms with Crippen LogP contribution in [0.4, 0.5) is 17.5 Å². The highest BCUT2D eigenvalue weighted by Gasteiger charge is 2.10. The van der Waals surface area contributed by atoms with Gasteiger partial charge in [0, 0.05) is 31.1 Å². The molecule has 0 bridgehead atoms. The number of halogens is 2. The maximum atomic E-state index is 6.20. The molecular formula is C16H13Cl2N5. The highest BCUT2D eigenvalue weighted by molar-refractivity contribution is 6.39. The molecule has 0 radical (unpaired) electrons. The van der Waals surface area contributed by atoms with Crippen molar-refractivity contribution in [2.24, 2.45) is 0 Å². The summed E-state index contributed by atoms with van der Waals surface area (Å²) in [4.78, 5) is 12.9. The first-order chi connectivity index (χ1) is 11.2. The second kappa shape index (κ2) is 6.81. The summed E-state index contributed by atoms with van der Waals surface area (Å²) in [6.07, 6.45) is 3.43. The van der Waals surface area contributed by atoms with Crippen molar-refractivity contribution in [3.63, 3.8) is 0 Å². The van der Waals surface area contributed by atoms with E-state index in [1.165, 1.54) is 0 Å². The molecule has 0 aliphatic carbocycles. The van der Waals surface area contributed by atoms with Crippen LogP contribution in [0.5, 0.6) is 0 Å². The third-order valence-corrected chi connectivity index (χ3v) is 3.77. The highest BCUT2D eigenvalue weighted by Crippen LogP contribution is 2.33. The average molecular weight is 346 g/mol. The molecule has 3 rings (SSSR count). The van der Waals surface area contributed by atoms with E-state index in [0.29, 0.717) is 27.5 Å². The zero-order valence-corrected chi connectivity index (χ0v) is 13.7. The summed E-state index contributed by atoms with van der Waals surface area (Å²) in [5.74, 6) is 1.08. The van der Waals surface area contributed by atoms with Gasteiger partial charge in [0.15, 0.2) is 0 Å². The number of hydrogen-bond donors (Lipinski definition) is 2. The van der Waals surface area contributed by atoms with Gasteiger partial charge in [0.05, 0.1) is 21.4 Å². The van der Waals surface area contributed by atoms with Crippen LogP contribution < -0.4 is 10.6 Å². The number of para-hydroxylation sites is 1. The number of nitrogens with zero attached hydrogens (tertiary/aromatic N) is 3. The second-order valence-corrected chi connectivity index (χ2v) is 5.48. The number of nitrogens with one attached hydrogen (secondary N) is 2. The molecule has 23 heavy (non-hydrogen) atoms. The van der Waals surface area contributed by atoms with Gasteiger partial charge in [-0.15, -0.1) is 0 Å². The van der Waals surface area contributed by atoms with Crippen LogP contribution in [0.3, 0.4) is 0 Å². The Morgan fingerprint density at radius 1 is 0.957 bits per heavy atom. The van der Waals surface area contributed by atoms with Crippen LogP contribution in [0.15, 0.2) is 48.8 Å². The Morgan fingerprint density at radius 2 is 1.65 bits per heavy atom. The predicted octanol–water partition coefficient (Wildman–Crippen LogP) is 4.63. The molecule has 0 amide bonds. The summed E-state index contributed by atoms with van der Waals surface area (Å²) in [5.41, 5.74) is 2.31. The SMILES string of the molecule is CNc1nc(Nc2c(Cl)cccc2Cl)cc(-c2ccncc2)n1. The van der Waals surface area contributed by atoms with Crippen LogP contribution >= 0.6 is 23.2 Å². The third kappa shape index (κ3) is 3.52. The van der Waals surface area contributed by atoms with Crippen LogP contribution in [0.2, 0.25) is 10.0 Å². The van der Waals surface area contributed by atoms with Crippen molar-refractivity contribution < 1.29 is 0 Å². The maximum absolute atomic E-state index is 6.20. The zero-order valence-electron chi connectivity index (χ0n) is 12.2. The summed E-state index contributed by atoms with van der Waals surface area (Å²) >= 11 is 12.4. The van der Waals surface area contributed by atoms with Gasteiger partial charge < -0.3 is 10.6 Å². The number of aromatic nitrogens is 3. The Labute approximate surface area is 143 Å². The molecule has 2 heterocycles. The Hall–Kier alpha value is -2.37. The van der Waals surface area contributed by atoms with Crippen LogP contribution in [0, 0.1) is 0 Å². The van der Waals surface area contributed by atoms with Crippen molar-refractivity contribution in [2.75, 3.05) is 17.7 Å². The van der Waals surface area contributed by atoms with E-state index in [2.05, 4.69) is 25.6 Å². The molecule has 0 saturated heterocycles. The van der Waals surface area contributed by atoms with Gasteiger partial charge in [-0.2, -0.15) is 4.98 Å². The zero-order chi connectivity index (χ0) is 16.2. The van der Waals surface area contributed by atoms with Gasteiger partial charge in [0.1, 0.15) is 5.82 Å². The lowest BCUT2D eigenvalue weighted by atomic mass is 10.2. The van der Waals surface area contributed by atoms with E-state index in [0.717, 1.165) is 11.3 Å². The molecule has 0 unspecified atom stereocenters. The Balaban J connectivity index is 2.03. The minimum Gasteiger partial charge on any atom is -0.357 e. The van der Waals surface area contributed by atoms with Gasteiger partial charge in [-0.1, -0.05) is 29.3 Å². The maximum Gasteiger partial charge on any atom is 0.224 e. The minimum absolute atomic E-state index is 0.491. The Bertz CT molecular complexity index is 804. The molecule has 2 aromatic heterocycles. The van der Waals surface area contributed by atoms with E-state index in [-0.39, 0.29) is 0 Å². The molecular weight excluding hydrogens is 333 g/mol. The fraction of sp³-hybridized carbons (Fsp3) is 0.0625. The van der Waals surface area contributed by atoms with Crippen molar-refractivity contribution in [3.8, 4) is 11.3 Å². The first-order valence-corrected chi connectivity index (χ1v) is 7.61. The van der Waals surface area contributed by atoms with E-state index >= 15 is 0 Å². The van der Waals surface area contributed by atoms with Gasteiger partial charge in [0.25, 0.3) is 0 Å². The van der Waals surface area contributed by atoms with Crippen molar-refractivity contribution >= 4 is 40.7 Å². The first kappa shape index (κ1) is 15.5. The van der Waals surface area contributed by atoms with Gasteiger partial charge >= 0.3 is 0 Å². The summed E-state index contributed by atoms with van der Waals surface area (Å²) in [6, 6.07) is 10.9. The number of hydrogen-bond acceptors (Lipinski definition) is 5. The molecule has 0 fully saturated rings. The van der Waals surface area contributed by atoms with E-state index in [1.54, 1.807) is 37.6 Å². The van der Waals surface area contributed by atoms with Gasteiger partial charge in [0.2, 0.25) is 5.95 Å². The Morgan fingerprint density at radius 3 is 2.30 bits per heavy atom. The monoisotopic (exact) mass is 345 g/mol. The largest absolute Gasteiger partial charge is 0.357 e. The topological polar surface area (TPSA) is 62.7 Å². The number of rotatable bonds is 4. The molecule has 0 spiro atoms. The van der Waals surface area contributed by atoms with Crippen LogP contribution in [0.25, 0.3) is 11.3 Å². The fourth-order valence-electron chi connectivity index (χ4n) is 2.04. The number of anilines is 3. The lowest BCUT2D eigenvalue weighted by Gasteiger charge is -2.12. The van der Waals surface area contributed by atoms with Gasteiger partial charge in [-0.25, -0.2) is 4.98 Å². The summed E-state index contributed by atoms with van der Waals surface area (Å²) in [5, 5.41) is 7.15. The van der Waals surface area contributed by atoms with Gasteiger partial charge in [-0.05, 0) is 24.3 Å². The molecule has 0 aliphatic rings. The summed E-state index contributed by atoms with van der Waals surface area (Å²) < 4.78 is 0. The molecule has 116 valence electrons. The minimum atomic E-state index is 0.491. The quantitative estimate of drug-likeness (QED) is 0.721. The van der Waals surface area contributed by atoms with Crippen molar-refractivity contribution in [2.45, 2.75) is 0 Å². The summed E-state index contributed by atoms with van der Waals surface area (Å²) in [7, 11) is 1.76. The predicted molar refractivity (Wildman–Crippen MR) is 94.6 cm³/mol. The lowest BCUT2D eigenvalue weighted by molar-refractivity contribution is 1.15. The molecule has 1 aromatic carbocycles. The van der Waals surface area contributed by atoms with Crippen LogP contribution in [-0.2, 0) is 0 Å². The fourth-order valence-corrected chi connectivity index (χ4v) is 2.53. The van der Waals surface area contributed by atoms with E-state index in [4.69, 9.17) is 23.2 Å². The van der Waals surface area contributed by atoms with Crippen molar-refractivity contribution in [1.82, 2.24) is 15.0 Å². The smallest absolute Gasteiger partial charge is 0.224 e. The van der Waals surface area contributed by atoms with Crippen molar-refractivity contribution in [1.29, 1.82) is 0 Å². The van der Waals surface area contributed by atoms with Gasteiger partial charge in [-0.3, -0.25) is 4.98 Å². The van der Waals surface area contributed by atoms with Crippen LogP contribution in [-0.4, -0.2) is 22.0 Å². The van der Waals surface area contributed by atoms with Crippen molar-refractivity contribution in [3.05, 3.63) is 58.8 Å². The van der Waals surface area contributed by atoms with E-state index in [1.807, 2.05) is 18.2 Å². The number of pyridine rings is 1. The van der Waals surface area contributed by atoms with E-state index in [9.17, 15) is 0 Å².